The third kappa shape index (κ3) is 5.09. The average Bonchev–Trinajstić information content (AvgIpc) is 2.11. The molecule has 1 amide bonds. The van der Waals surface area contributed by atoms with Gasteiger partial charge in [-0.1, -0.05) is 6.92 Å². The molecule has 1 unspecified atom stereocenters. The van der Waals surface area contributed by atoms with Crippen LogP contribution < -0.4 is 16.4 Å². The first-order valence-electron chi connectivity index (χ1n) is 4.38. The lowest BCUT2D eigenvalue weighted by Crippen LogP contribution is -2.40. The van der Waals surface area contributed by atoms with Gasteiger partial charge < -0.3 is 16.4 Å². The lowest BCUT2D eigenvalue weighted by atomic mass is 10.2. The van der Waals surface area contributed by atoms with Gasteiger partial charge in [0, 0.05) is 26.1 Å². The largest absolute Gasteiger partial charge is 0.359 e. The van der Waals surface area contributed by atoms with E-state index >= 15 is 0 Å². The molecule has 0 radical (unpaired) electrons. The van der Waals surface area contributed by atoms with E-state index in [0.29, 0.717) is 13.0 Å². The van der Waals surface area contributed by atoms with Gasteiger partial charge in [0.25, 0.3) is 0 Å². The summed E-state index contributed by atoms with van der Waals surface area (Å²) < 4.78 is 0. The number of nitrogens with one attached hydrogen (secondary N) is 2. The maximum Gasteiger partial charge on any atom is 0.221 e. The molecule has 4 heteroatoms. The fraction of sp³-hybridized carbons (Fsp3) is 0.875. The molecule has 12 heavy (non-hydrogen) atoms. The summed E-state index contributed by atoms with van der Waals surface area (Å²) in [5, 5.41) is 5.77. The lowest BCUT2D eigenvalue weighted by Gasteiger charge is -2.14. The number of carbonyl (C=O) groups excluding carboxylic acids is 1. The van der Waals surface area contributed by atoms with E-state index in [1.54, 1.807) is 7.05 Å². The van der Waals surface area contributed by atoms with Crippen LogP contribution in [0.15, 0.2) is 0 Å². The van der Waals surface area contributed by atoms with Crippen molar-refractivity contribution in [2.45, 2.75) is 25.8 Å². The predicted octanol–water partition coefficient (Wildman–Crippen LogP) is -0.551. The van der Waals surface area contributed by atoms with Crippen LogP contribution in [0.3, 0.4) is 0 Å². The third-order valence-corrected chi connectivity index (χ3v) is 1.68. The molecule has 0 aromatic rings. The van der Waals surface area contributed by atoms with Gasteiger partial charge in [0.2, 0.25) is 5.91 Å². The van der Waals surface area contributed by atoms with Crippen LogP contribution in [0.25, 0.3) is 0 Å². The molecule has 0 fully saturated rings. The molecular formula is C8H19N3O. The fourth-order valence-corrected chi connectivity index (χ4v) is 0.913. The van der Waals surface area contributed by atoms with Crippen molar-refractivity contribution in [1.82, 2.24) is 10.6 Å². The maximum atomic E-state index is 10.9. The predicted molar refractivity (Wildman–Crippen MR) is 49.8 cm³/mol. The summed E-state index contributed by atoms with van der Waals surface area (Å²) in [4.78, 5) is 10.9. The van der Waals surface area contributed by atoms with Crippen molar-refractivity contribution in [3.63, 3.8) is 0 Å². The van der Waals surface area contributed by atoms with Crippen LogP contribution in [0, 0.1) is 0 Å². The molecule has 0 saturated heterocycles. The smallest absolute Gasteiger partial charge is 0.221 e. The zero-order chi connectivity index (χ0) is 9.40. The van der Waals surface area contributed by atoms with Crippen LogP contribution >= 0.6 is 0 Å². The highest BCUT2D eigenvalue weighted by Crippen LogP contribution is 1.89. The Labute approximate surface area is 73.9 Å². The van der Waals surface area contributed by atoms with Crippen LogP contribution in [-0.4, -0.2) is 32.1 Å². The Balaban J connectivity index is 3.59. The van der Waals surface area contributed by atoms with Crippen molar-refractivity contribution in [2.75, 3.05) is 20.1 Å². The van der Waals surface area contributed by atoms with Crippen molar-refractivity contribution in [3.8, 4) is 0 Å². The van der Waals surface area contributed by atoms with E-state index in [0.717, 1.165) is 13.0 Å². The van der Waals surface area contributed by atoms with Crippen molar-refractivity contribution in [3.05, 3.63) is 0 Å². The first-order chi connectivity index (χ1) is 5.74. The number of hydrogen-bond donors (Lipinski definition) is 3. The number of rotatable bonds is 6. The molecule has 0 spiro atoms. The van der Waals surface area contributed by atoms with E-state index in [9.17, 15) is 4.79 Å². The summed E-state index contributed by atoms with van der Waals surface area (Å²) in [5.41, 5.74) is 5.47. The Kier molecular flexibility index (Phi) is 6.70. The highest BCUT2D eigenvalue weighted by atomic mass is 16.1. The molecule has 4 nitrogen and oxygen atoms in total. The normalized spacial score (nSPS) is 12.6. The summed E-state index contributed by atoms with van der Waals surface area (Å²) >= 11 is 0. The van der Waals surface area contributed by atoms with E-state index in [2.05, 4.69) is 17.6 Å². The highest BCUT2D eigenvalue weighted by Gasteiger charge is 2.09. The Morgan fingerprint density at radius 1 is 1.58 bits per heavy atom. The van der Waals surface area contributed by atoms with Crippen molar-refractivity contribution in [2.24, 2.45) is 5.73 Å². The minimum atomic E-state index is 0.0362. The minimum Gasteiger partial charge on any atom is -0.359 e. The van der Waals surface area contributed by atoms with Gasteiger partial charge in [-0.15, -0.1) is 0 Å². The van der Waals surface area contributed by atoms with E-state index in [1.807, 2.05) is 0 Å². The first-order valence-corrected chi connectivity index (χ1v) is 4.38. The molecule has 0 rings (SSSR count). The van der Waals surface area contributed by atoms with Gasteiger partial charge >= 0.3 is 0 Å². The fourth-order valence-electron chi connectivity index (χ4n) is 0.913. The van der Waals surface area contributed by atoms with E-state index in [-0.39, 0.29) is 11.9 Å². The summed E-state index contributed by atoms with van der Waals surface area (Å²) in [5.74, 6) is 0.0362. The molecule has 0 aromatic carbocycles. The van der Waals surface area contributed by atoms with E-state index in [4.69, 9.17) is 5.73 Å². The second-order valence-corrected chi connectivity index (χ2v) is 2.76. The van der Waals surface area contributed by atoms with Crippen molar-refractivity contribution >= 4 is 5.91 Å². The van der Waals surface area contributed by atoms with Gasteiger partial charge in [-0.3, -0.25) is 4.79 Å². The maximum absolute atomic E-state index is 10.9. The molecule has 0 aromatic heterocycles. The third-order valence-electron chi connectivity index (χ3n) is 1.68. The van der Waals surface area contributed by atoms with Crippen LogP contribution in [0.4, 0.5) is 0 Å². The topological polar surface area (TPSA) is 67.1 Å². The van der Waals surface area contributed by atoms with Gasteiger partial charge in [-0.25, -0.2) is 0 Å². The standard InChI is InChI=1S/C8H19N3O/c1-3-4-11-7(6-9)5-8(12)10-2/h7,11H,3-6,9H2,1-2H3,(H,10,12). The number of hydrogen-bond acceptors (Lipinski definition) is 3. The number of amides is 1. The van der Waals surface area contributed by atoms with Crippen molar-refractivity contribution in [1.29, 1.82) is 0 Å². The van der Waals surface area contributed by atoms with Gasteiger partial charge in [0.15, 0.2) is 0 Å². The van der Waals surface area contributed by atoms with E-state index < -0.39 is 0 Å². The average molecular weight is 173 g/mol. The highest BCUT2D eigenvalue weighted by molar-refractivity contribution is 5.76. The molecule has 0 bridgehead atoms. The second kappa shape index (κ2) is 7.06. The summed E-state index contributed by atoms with van der Waals surface area (Å²) in [6.45, 7) is 3.51. The monoisotopic (exact) mass is 173 g/mol. The molecular weight excluding hydrogens is 154 g/mol. The molecule has 0 aliphatic rings. The van der Waals surface area contributed by atoms with E-state index in [1.165, 1.54) is 0 Å². The zero-order valence-electron chi connectivity index (χ0n) is 7.89. The molecule has 72 valence electrons. The van der Waals surface area contributed by atoms with Crippen molar-refractivity contribution < 1.29 is 4.79 Å². The van der Waals surface area contributed by atoms with Gasteiger partial charge in [-0.2, -0.15) is 0 Å². The first kappa shape index (κ1) is 11.4. The van der Waals surface area contributed by atoms with Crippen LogP contribution in [0.2, 0.25) is 0 Å². The second-order valence-electron chi connectivity index (χ2n) is 2.76. The summed E-state index contributed by atoms with van der Waals surface area (Å²) in [6.07, 6.45) is 1.53. The lowest BCUT2D eigenvalue weighted by molar-refractivity contribution is -0.121. The zero-order valence-corrected chi connectivity index (χ0v) is 7.89. The summed E-state index contributed by atoms with van der Waals surface area (Å²) in [6, 6.07) is 0.116. The SMILES string of the molecule is CCCNC(CN)CC(=O)NC. The van der Waals surface area contributed by atoms with Gasteiger partial charge in [0.05, 0.1) is 0 Å². The van der Waals surface area contributed by atoms with Crippen LogP contribution in [-0.2, 0) is 4.79 Å². The Morgan fingerprint density at radius 3 is 2.67 bits per heavy atom. The molecule has 0 heterocycles. The summed E-state index contributed by atoms with van der Waals surface area (Å²) in [7, 11) is 1.63. The minimum absolute atomic E-state index is 0.0362. The Morgan fingerprint density at radius 2 is 2.25 bits per heavy atom. The Hall–Kier alpha value is -0.610. The quantitative estimate of drug-likeness (QED) is 0.505. The number of nitrogens with two attached hydrogens (primary N) is 1. The van der Waals surface area contributed by atoms with Gasteiger partial charge in [0.1, 0.15) is 0 Å². The van der Waals surface area contributed by atoms with Crippen LogP contribution in [0.1, 0.15) is 19.8 Å². The molecule has 0 aliphatic heterocycles. The Bertz CT molecular complexity index is 127. The molecule has 0 saturated carbocycles. The molecule has 4 N–H and O–H groups in total. The van der Waals surface area contributed by atoms with Gasteiger partial charge in [-0.05, 0) is 13.0 Å². The number of carbonyl (C=O) groups is 1. The molecule has 0 aliphatic carbocycles. The van der Waals surface area contributed by atoms with Crippen LogP contribution in [0.5, 0.6) is 0 Å². The molecule has 1 atom stereocenters.